The lowest BCUT2D eigenvalue weighted by Gasteiger charge is -2.05. The Morgan fingerprint density at radius 2 is 2.22 bits per heavy atom. The van der Waals surface area contributed by atoms with Gasteiger partial charge in [0.25, 0.3) is 5.56 Å². The Morgan fingerprint density at radius 3 is 2.94 bits per heavy atom. The number of carbonyl (C=O) groups is 1. The Balaban J connectivity index is 1.78. The molecule has 94 valence electrons. The first-order chi connectivity index (χ1) is 8.75. The molecule has 0 spiro atoms. The highest BCUT2D eigenvalue weighted by atomic mass is 16.1. The van der Waals surface area contributed by atoms with Gasteiger partial charge in [-0.1, -0.05) is 6.07 Å². The van der Waals surface area contributed by atoms with Crippen LogP contribution in [0, 0.1) is 0 Å². The molecular weight excluding hydrogens is 230 g/mol. The molecule has 0 atom stereocenters. The van der Waals surface area contributed by atoms with E-state index in [4.69, 9.17) is 0 Å². The van der Waals surface area contributed by atoms with Gasteiger partial charge < -0.3 is 14.9 Å². The molecule has 0 aromatic carbocycles. The highest BCUT2D eigenvalue weighted by Crippen LogP contribution is 1.95. The number of carbonyl (C=O) groups excluding carboxylic acids is 1. The summed E-state index contributed by atoms with van der Waals surface area (Å²) in [4.78, 5) is 25.9. The van der Waals surface area contributed by atoms with Gasteiger partial charge in [0.15, 0.2) is 0 Å². The zero-order valence-corrected chi connectivity index (χ0v) is 9.93. The largest absolute Gasteiger partial charge is 0.367 e. The van der Waals surface area contributed by atoms with E-state index in [0.717, 1.165) is 5.56 Å². The molecule has 1 amide bonds. The molecule has 0 radical (unpaired) electrons. The second kappa shape index (κ2) is 5.86. The monoisotopic (exact) mass is 245 g/mol. The number of hydrogen-bond donors (Lipinski definition) is 2. The SMILES string of the molecule is O=C(CCn1ccccc1=O)NCc1cc[nH]c1. The second-order valence-corrected chi connectivity index (χ2v) is 3.98. The van der Waals surface area contributed by atoms with Crippen LogP contribution in [0.5, 0.6) is 0 Å². The molecule has 0 saturated heterocycles. The number of aromatic nitrogens is 2. The maximum atomic E-state index is 11.6. The van der Waals surface area contributed by atoms with Crippen LogP contribution in [-0.2, 0) is 17.9 Å². The first kappa shape index (κ1) is 12.2. The Morgan fingerprint density at radius 1 is 1.33 bits per heavy atom. The Labute approximate surface area is 104 Å². The zero-order chi connectivity index (χ0) is 12.8. The zero-order valence-electron chi connectivity index (χ0n) is 9.93. The maximum absolute atomic E-state index is 11.6. The first-order valence-electron chi connectivity index (χ1n) is 5.79. The standard InChI is InChI=1S/C13H15N3O2/c17-12(15-10-11-4-6-14-9-11)5-8-16-7-2-1-3-13(16)18/h1-4,6-7,9,14H,5,8,10H2,(H,15,17). The van der Waals surface area contributed by atoms with E-state index in [9.17, 15) is 9.59 Å². The molecule has 0 aliphatic carbocycles. The third kappa shape index (κ3) is 3.35. The van der Waals surface area contributed by atoms with Gasteiger partial charge in [0.05, 0.1) is 0 Å². The minimum Gasteiger partial charge on any atom is -0.367 e. The maximum Gasteiger partial charge on any atom is 0.250 e. The van der Waals surface area contributed by atoms with Gasteiger partial charge in [-0.25, -0.2) is 0 Å². The van der Waals surface area contributed by atoms with Gasteiger partial charge in [-0.05, 0) is 17.7 Å². The number of aryl methyl sites for hydroxylation is 1. The van der Waals surface area contributed by atoms with Crippen molar-refractivity contribution < 1.29 is 4.79 Å². The van der Waals surface area contributed by atoms with E-state index in [1.54, 1.807) is 18.3 Å². The fourth-order valence-corrected chi connectivity index (χ4v) is 1.62. The van der Waals surface area contributed by atoms with Crippen LogP contribution >= 0.6 is 0 Å². The van der Waals surface area contributed by atoms with Crippen LogP contribution in [0.15, 0.2) is 47.7 Å². The summed E-state index contributed by atoms with van der Waals surface area (Å²) in [6.07, 6.45) is 5.63. The predicted molar refractivity (Wildman–Crippen MR) is 68.0 cm³/mol. The number of rotatable bonds is 5. The van der Waals surface area contributed by atoms with Crippen molar-refractivity contribution in [2.45, 2.75) is 19.5 Å². The molecule has 2 aromatic rings. The van der Waals surface area contributed by atoms with E-state index >= 15 is 0 Å². The summed E-state index contributed by atoms with van der Waals surface area (Å²) in [6, 6.07) is 6.85. The van der Waals surface area contributed by atoms with Crippen molar-refractivity contribution >= 4 is 5.91 Å². The van der Waals surface area contributed by atoms with Gasteiger partial charge in [0, 0.05) is 44.2 Å². The molecule has 5 nitrogen and oxygen atoms in total. The van der Waals surface area contributed by atoms with E-state index in [1.165, 1.54) is 10.6 Å². The Hall–Kier alpha value is -2.30. The molecule has 0 aliphatic heterocycles. The minimum atomic E-state index is -0.0871. The van der Waals surface area contributed by atoms with Crippen LogP contribution in [0.2, 0.25) is 0 Å². The quantitative estimate of drug-likeness (QED) is 0.821. The summed E-state index contributed by atoms with van der Waals surface area (Å²) in [7, 11) is 0. The molecule has 0 fully saturated rings. The Bertz CT molecular complexity index is 558. The van der Waals surface area contributed by atoms with Crippen molar-refractivity contribution in [1.82, 2.24) is 14.9 Å². The molecule has 18 heavy (non-hydrogen) atoms. The summed E-state index contributed by atoms with van der Waals surface area (Å²) in [5.74, 6) is -0.0630. The average molecular weight is 245 g/mol. The smallest absolute Gasteiger partial charge is 0.250 e. The predicted octanol–water partition coefficient (Wildman–Crippen LogP) is 0.883. The number of nitrogens with one attached hydrogen (secondary N) is 2. The Kier molecular flexibility index (Phi) is 3.96. The molecule has 2 heterocycles. The number of amides is 1. The van der Waals surface area contributed by atoms with Crippen molar-refractivity contribution in [3.8, 4) is 0 Å². The normalized spacial score (nSPS) is 10.2. The van der Waals surface area contributed by atoms with Crippen molar-refractivity contribution in [2.24, 2.45) is 0 Å². The number of pyridine rings is 1. The fraction of sp³-hybridized carbons (Fsp3) is 0.231. The van der Waals surface area contributed by atoms with Crippen molar-refractivity contribution in [3.05, 3.63) is 58.8 Å². The highest BCUT2D eigenvalue weighted by molar-refractivity contribution is 5.75. The number of nitrogens with zero attached hydrogens (tertiary/aromatic N) is 1. The highest BCUT2D eigenvalue weighted by Gasteiger charge is 2.02. The molecule has 2 N–H and O–H groups in total. The summed E-state index contributed by atoms with van der Waals surface area (Å²) in [5.41, 5.74) is 0.941. The van der Waals surface area contributed by atoms with Gasteiger partial charge >= 0.3 is 0 Å². The minimum absolute atomic E-state index is 0.0630. The van der Waals surface area contributed by atoms with Crippen LogP contribution < -0.4 is 10.9 Å². The average Bonchev–Trinajstić information content (AvgIpc) is 2.88. The van der Waals surface area contributed by atoms with E-state index in [2.05, 4.69) is 10.3 Å². The van der Waals surface area contributed by atoms with Gasteiger partial charge in [0.2, 0.25) is 5.91 Å². The fourth-order valence-electron chi connectivity index (χ4n) is 1.62. The summed E-state index contributed by atoms with van der Waals surface area (Å²) >= 11 is 0. The van der Waals surface area contributed by atoms with Gasteiger partial charge in [-0.3, -0.25) is 9.59 Å². The van der Waals surface area contributed by atoms with E-state index in [-0.39, 0.29) is 11.5 Å². The van der Waals surface area contributed by atoms with Crippen molar-refractivity contribution in [3.63, 3.8) is 0 Å². The first-order valence-corrected chi connectivity index (χ1v) is 5.79. The summed E-state index contributed by atoms with van der Waals surface area (Å²) < 4.78 is 1.52. The van der Waals surface area contributed by atoms with Crippen molar-refractivity contribution in [2.75, 3.05) is 0 Å². The molecular formula is C13H15N3O2. The van der Waals surface area contributed by atoms with Crippen LogP contribution in [0.1, 0.15) is 12.0 Å². The number of hydrogen-bond acceptors (Lipinski definition) is 2. The molecule has 0 saturated carbocycles. The third-order valence-corrected chi connectivity index (χ3v) is 2.63. The lowest BCUT2D eigenvalue weighted by Crippen LogP contribution is -2.26. The van der Waals surface area contributed by atoms with Crippen molar-refractivity contribution in [1.29, 1.82) is 0 Å². The van der Waals surface area contributed by atoms with Crippen LogP contribution in [-0.4, -0.2) is 15.5 Å². The van der Waals surface area contributed by atoms with Crippen LogP contribution in [0.25, 0.3) is 0 Å². The molecule has 2 aromatic heterocycles. The van der Waals surface area contributed by atoms with E-state index in [1.807, 2.05) is 18.5 Å². The number of H-pyrrole nitrogens is 1. The lowest BCUT2D eigenvalue weighted by atomic mass is 10.3. The lowest BCUT2D eigenvalue weighted by molar-refractivity contribution is -0.121. The molecule has 0 unspecified atom stereocenters. The van der Waals surface area contributed by atoms with Crippen LogP contribution in [0.4, 0.5) is 0 Å². The van der Waals surface area contributed by atoms with Gasteiger partial charge in [0.1, 0.15) is 0 Å². The summed E-state index contributed by atoms with van der Waals surface area (Å²) in [6.45, 7) is 0.907. The molecule has 0 bridgehead atoms. The molecule has 5 heteroatoms. The number of aromatic amines is 1. The molecule has 2 rings (SSSR count). The van der Waals surface area contributed by atoms with Gasteiger partial charge in [-0.2, -0.15) is 0 Å². The molecule has 0 aliphatic rings. The third-order valence-electron chi connectivity index (χ3n) is 2.63. The topological polar surface area (TPSA) is 66.9 Å². The van der Waals surface area contributed by atoms with Gasteiger partial charge in [-0.15, -0.1) is 0 Å². The van der Waals surface area contributed by atoms with E-state index < -0.39 is 0 Å². The van der Waals surface area contributed by atoms with Crippen LogP contribution in [0.3, 0.4) is 0 Å². The summed E-state index contributed by atoms with van der Waals surface area (Å²) in [5, 5.41) is 2.80. The van der Waals surface area contributed by atoms with E-state index in [0.29, 0.717) is 19.5 Å². The second-order valence-electron chi connectivity index (χ2n) is 3.98.